The lowest BCUT2D eigenvalue weighted by Gasteiger charge is -2.00. The minimum Gasteiger partial charge on any atom is -0.324 e. The quantitative estimate of drug-likeness (QED) is 0.668. The van der Waals surface area contributed by atoms with Gasteiger partial charge in [-0.05, 0) is 6.42 Å². The summed E-state index contributed by atoms with van der Waals surface area (Å²) in [6.45, 7) is 3.65. The first-order valence-corrected chi connectivity index (χ1v) is 5.95. The van der Waals surface area contributed by atoms with Crippen LogP contribution in [0.4, 0.5) is 0 Å². The topological polar surface area (TPSA) is 56.7 Å². The van der Waals surface area contributed by atoms with Crippen molar-refractivity contribution in [1.29, 1.82) is 0 Å². The summed E-state index contributed by atoms with van der Waals surface area (Å²) in [6, 6.07) is 0. The summed E-state index contributed by atoms with van der Waals surface area (Å²) in [7, 11) is 0. The van der Waals surface area contributed by atoms with E-state index in [9.17, 15) is 0 Å². The SMILES string of the molecule is CCCCCCCCn1cnc(CN)n1. The lowest BCUT2D eigenvalue weighted by atomic mass is 10.1. The third-order valence-electron chi connectivity index (χ3n) is 2.51. The van der Waals surface area contributed by atoms with E-state index in [1.807, 2.05) is 4.68 Å². The third-order valence-corrected chi connectivity index (χ3v) is 2.51. The summed E-state index contributed by atoms with van der Waals surface area (Å²) in [6.07, 6.45) is 9.63. The standard InChI is InChI=1S/C11H22N4/c1-2-3-4-5-6-7-8-15-10-13-11(9-12)14-15/h10H,2-9,12H2,1H3. The van der Waals surface area contributed by atoms with E-state index in [0.717, 1.165) is 12.4 Å². The Hall–Kier alpha value is -0.900. The lowest BCUT2D eigenvalue weighted by Crippen LogP contribution is -2.02. The zero-order valence-electron chi connectivity index (χ0n) is 9.65. The van der Waals surface area contributed by atoms with Gasteiger partial charge in [0.1, 0.15) is 6.33 Å². The van der Waals surface area contributed by atoms with Gasteiger partial charge in [0, 0.05) is 6.54 Å². The maximum atomic E-state index is 5.43. The van der Waals surface area contributed by atoms with Crippen molar-refractivity contribution in [2.75, 3.05) is 0 Å². The molecule has 2 N–H and O–H groups in total. The van der Waals surface area contributed by atoms with E-state index in [4.69, 9.17) is 5.73 Å². The second-order valence-electron chi connectivity index (χ2n) is 3.90. The molecule has 4 heteroatoms. The molecule has 0 bridgehead atoms. The fourth-order valence-electron chi connectivity index (χ4n) is 1.59. The summed E-state index contributed by atoms with van der Waals surface area (Å²) in [5, 5.41) is 4.24. The summed E-state index contributed by atoms with van der Waals surface area (Å²) in [4.78, 5) is 4.09. The van der Waals surface area contributed by atoms with Crippen molar-refractivity contribution >= 4 is 0 Å². The summed E-state index contributed by atoms with van der Waals surface area (Å²) < 4.78 is 1.89. The van der Waals surface area contributed by atoms with Crippen molar-refractivity contribution in [3.05, 3.63) is 12.2 Å². The van der Waals surface area contributed by atoms with Gasteiger partial charge in [-0.3, -0.25) is 4.68 Å². The van der Waals surface area contributed by atoms with Crippen LogP contribution in [0.3, 0.4) is 0 Å². The van der Waals surface area contributed by atoms with Crippen molar-refractivity contribution in [3.63, 3.8) is 0 Å². The molecule has 0 aliphatic carbocycles. The first-order chi connectivity index (χ1) is 7.36. The molecule has 0 radical (unpaired) electrons. The van der Waals surface area contributed by atoms with Gasteiger partial charge in [0.15, 0.2) is 5.82 Å². The molecular formula is C11H22N4. The number of hydrogen-bond donors (Lipinski definition) is 1. The molecule has 0 atom stereocenters. The predicted octanol–water partition coefficient (Wildman–Crippen LogP) is 2.10. The first-order valence-electron chi connectivity index (χ1n) is 5.95. The molecule has 0 saturated heterocycles. The molecule has 0 amide bonds. The highest BCUT2D eigenvalue weighted by Gasteiger charge is 1.97. The fraction of sp³-hybridized carbons (Fsp3) is 0.818. The Morgan fingerprint density at radius 1 is 1.20 bits per heavy atom. The van der Waals surface area contributed by atoms with Crippen molar-refractivity contribution in [2.45, 2.75) is 58.5 Å². The highest BCUT2D eigenvalue weighted by atomic mass is 15.3. The lowest BCUT2D eigenvalue weighted by molar-refractivity contribution is 0.524. The Morgan fingerprint density at radius 3 is 2.60 bits per heavy atom. The Labute approximate surface area is 91.9 Å². The van der Waals surface area contributed by atoms with Gasteiger partial charge < -0.3 is 5.73 Å². The zero-order valence-corrected chi connectivity index (χ0v) is 9.65. The minimum absolute atomic E-state index is 0.434. The Balaban J connectivity index is 2.04. The van der Waals surface area contributed by atoms with E-state index >= 15 is 0 Å². The Kier molecular flexibility index (Phi) is 6.00. The molecule has 0 unspecified atom stereocenters. The third kappa shape index (κ3) is 4.93. The van der Waals surface area contributed by atoms with Gasteiger partial charge in [-0.15, -0.1) is 0 Å². The molecule has 0 aromatic carbocycles. The van der Waals surface area contributed by atoms with Crippen LogP contribution in [0.15, 0.2) is 6.33 Å². The second kappa shape index (κ2) is 7.40. The summed E-state index contributed by atoms with van der Waals surface area (Å²) in [5.74, 6) is 0.737. The second-order valence-corrected chi connectivity index (χ2v) is 3.90. The molecule has 4 nitrogen and oxygen atoms in total. The van der Waals surface area contributed by atoms with Gasteiger partial charge in [0.05, 0.1) is 6.54 Å². The predicted molar refractivity (Wildman–Crippen MR) is 61.3 cm³/mol. The number of hydrogen-bond acceptors (Lipinski definition) is 3. The highest BCUT2D eigenvalue weighted by molar-refractivity contribution is 4.78. The van der Waals surface area contributed by atoms with Crippen molar-refractivity contribution in [1.82, 2.24) is 14.8 Å². The van der Waals surface area contributed by atoms with Gasteiger partial charge in [-0.2, -0.15) is 5.10 Å². The molecule has 0 spiro atoms. The van der Waals surface area contributed by atoms with Crippen LogP contribution < -0.4 is 5.73 Å². The van der Waals surface area contributed by atoms with Crippen molar-refractivity contribution < 1.29 is 0 Å². The van der Waals surface area contributed by atoms with Gasteiger partial charge in [0.2, 0.25) is 0 Å². The maximum Gasteiger partial charge on any atom is 0.164 e. The molecule has 1 aromatic heterocycles. The Morgan fingerprint density at radius 2 is 1.93 bits per heavy atom. The number of aryl methyl sites for hydroxylation is 1. The number of aromatic nitrogens is 3. The normalized spacial score (nSPS) is 10.8. The van der Waals surface area contributed by atoms with Crippen LogP contribution in [0, 0.1) is 0 Å². The van der Waals surface area contributed by atoms with E-state index in [-0.39, 0.29) is 0 Å². The molecule has 0 aliphatic heterocycles. The molecule has 0 fully saturated rings. The molecule has 1 heterocycles. The van der Waals surface area contributed by atoms with E-state index in [1.165, 1.54) is 38.5 Å². The average molecular weight is 210 g/mol. The van der Waals surface area contributed by atoms with Crippen LogP contribution in [0.2, 0.25) is 0 Å². The van der Waals surface area contributed by atoms with Gasteiger partial charge in [-0.25, -0.2) is 4.98 Å². The number of nitrogens with two attached hydrogens (primary N) is 1. The zero-order chi connectivity index (χ0) is 10.9. The molecule has 86 valence electrons. The van der Waals surface area contributed by atoms with Gasteiger partial charge in [0.25, 0.3) is 0 Å². The van der Waals surface area contributed by atoms with Crippen LogP contribution in [-0.4, -0.2) is 14.8 Å². The van der Waals surface area contributed by atoms with Crippen molar-refractivity contribution in [2.24, 2.45) is 5.73 Å². The molecule has 1 aromatic rings. The van der Waals surface area contributed by atoms with Crippen LogP contribution in [0.1, 0.15) is 51.3 Å². The molecule has 15 heavy (non-hydrogen) atoms. The Bertz CT molecular complexity index is 257. The molecule has 0 saturated carbocycles. The smallest absolute Gasteiger partial charge is 0.164 e. The monoisotopic (exact) mass is 210 g/mol. The van der Waals surface area contributed by atoms with Crippen LogP contribution in [0.5, 0.6) is 0 Å². The number of rotatable bonds is 8. The van der Waals surface area contributed by atoms with E-state index in [1.54, 1.807) is 6.33 Å². The fourth-order valence-corrected chi connectivity index (χ4v) is 1.59. The highest BCUT2D eigenvalue weighted by Crippen LogP contribution is 2.05. The number of unbranched alkanes of at least 4 members (excludes halogenated alkanes) is 5. The van der Waals surface area contributed by atoms with E-state index in [0.29, 0.717) is 6.54 Å². The largest absolute Gasteiger partial charge is 0.324 e. The van der Waals surface area contributed by atoms with Crippen molar-refractivity contribution in [3.8, 4) is 0 Å². The van der Waals surface area contributed by atoms with Gasteiger partial charge in [-0.1, -0.05) is 39.0 Å². The van der Waals surface area contributed by atoms with Crippen LogP contribution >= 0.6 is 0 Å². The van der Waals surface area contributed by atoms with Gasteiger partial charge >= 0.3 is 0 Å². The van der Waals surface area contributed by atoms with Crippen LogP contribution in [-0.2, 0) is 13.1 Å². The minimum atomic E-state index is 0.434. The van der Waals surface area contributed by atoms with Crippen LogP contribution in [0.25, 0.3) is 0 Å². The first kappa shape index (κ1) is 12.2. The van der Waals surface area contributed by atoms with E-state index < -0.39 is 0 Å². The number of nitrogens with zero attached hydrogens (tertiary/aromatic N) is 3. The summed E-state index contributed by atoms with van der Waals surface area (Å²) in [5.41, 5.74) is 5.43. The average Bonchev–Trinajstić information content (AvgIpc) is 2.71. The molecule has 0 aliphatic rings. The maximum absolute atomic E-state index is 5.43. The van der Waals surface area contributed by atoms with E-state index in [2.05, 4.69) is 17.0 Å². The summed E-state index contributed by atoms with van der Waals surface area (Å²) >= 11 is 0. The molecule has 1 rings (SSSR count). The molecular weight excluding hydrogens is 188 g/mol.